The maximum Gasteiger partial charge on any atom is 0.154 e. The second-order valence-electron chi connectivity index (χ2n) is 1.92. The van der Waals surface area contributed by atoms with Gasteiger partial charge in [0.05, 0.1) is 17.9 Å². The average Bonchev–Trinajstić information content (AvgIpc) is 2.08. The molecule has 0 aliphatic rings. The number of aromatic hydroxyl groups is 1. The topological polar surface area (TPSA) is 20.2 Å². The van der Waals surface area contributed by atoms with E-state index >= 15 is 0 Å². The fourth-order valence-electron chi connectivity index (χ4n) is 0.593. The van der Waals surface area contributed by atoms with Crippen LogP contribution in [-0.4, -0.2) is 5.11 Å². The molecule has 0 bridgehead atoms. The molecule has 0 saturated heterocycles. The molecule has 1 nitrogen and oxygen atoms in total. The van der Waals surface area contributed by atoms with Crippen molar-refractivity contribution in [3.8, 4) is 5.75 Å². The van der Waals surface area contributed by atoms with Crippen LogP contribution in [0.4, 0.5) is 4.39 Å². The summed E-state index contributed by atoms with van der Waals surface area (Å²) >= 11 is 12.0. The maximum absolute atomic E-state index is 13.2. The molecular formula is C6HBr4FO. The van der Waals surface area contributed by atoms with E-state index in [-0.39, 0.29) is 23.6 Å². The molecule has 0 amide bonds. The molecule has 0 saturated carbocycles. The Morgan fingerprint density at radius 2 is 1.17 bits per heavy atom. The standard InChI is InChI=1S/C6HBr4FO/c7-1-3(9)6(12)4(10)2(8)5(1)11/h12H. The predicted octanol–water partition coefficient (Wildman–Crippen LogP) is 4.58. The maximum atomic E-state index is 13.2. The van der Waals surface area contributed by atoms with Gasteiger partial charge in [0.1, 0.15) is 5.75 Å². The summed E-state index contributed by atoms with van der Waals surface area (Å²) in [4.78, 5) is 0. The van der Waals surface area contributed by atoms with Gasteiger partial charge in [-0.1, -0.05) is 0 Å². The summed E-state index contributed by atoms with van der Waals surface area (Å²) in [6.07, 6.45) is 0. The molecule has 1 N–H and O–H groups in total. The Morgan fingerprint density at radius 3 is 1.50 bits per heavy atom. The van der Waals surface area contributed by atoms with Gasteiger partial charge in [-0.05, 0) is 63.7 Å². The smallest absolute Gasteiger partial charge is 0.154 e. The quantitative estimate of drug-likeness (QED) is 0.475. The van der Waals surface area contributed by atoms with E-state index < -0.39 is 5.82 Å². The Balaban J connectivity index is 3.60. The van der Waals surface area contributed by atoms with Gasteiger partial charge < -0.3 is 5.11 Å². The first-order valence-corrected chi connectivity index (χ1v) is 5.84. The molecule has 0 fully saturated rings. The third kappa shape index (κ3) is 1.71. The molecule has 1 aromatic carbocycles. The largest absolute Gasteiger partial charge is 0.505 e. The third-order valence-electron chi connectivity index (χ3n) is 1.19. The number of rotatable bonds is 0. The zero-order valence-corrected chi connectivity index (χ0v) is 11.7. The fraction of sp³-hybridized carbons (Fsp3) is 0. The molecule has 0 atom stereocenters. The molecule has 0 unspecified atom stereocenters. The molecule has 66 valence electrons. The normalized spacial score (nSPS) is 10.4. The van der Waals surface area contributed by atoms with E-state index in [1.54, 1.807) is 0 Å². The molecule has 1 aromatic rings. The van der Waals surface area contributed by atoms with Crippen molar-refractivity contribution in [3.05, 3.63) is 23.7 Å². The lowest BCUT2D eigenvalue weighted by Crippen LogP contribution is -1.85. The molecule has 0 spiro atoms. The van der Waals surface area contributed by atoms with Crippen LogP contribution in [-0.2, 0) is 0 Å². The molecule has 0 aliphatic carbocycles. The summed E-state index contributed by atoms with van der Waals surface area (Å²) in [7, 11) is 0. The zero-order valence-electron chi connectivity index (χ0n) is 5.34. The lowest BCUT2D eigenvalue weighted by molar-refractivity contribution is 0.463. The van der Waals surface area contributed by atoms with E-state index in [9.17, 15) is 9.50 Å². The van der Waals surface area contributed by atoms with Gasteiger partial charge in [0.2, 0.25) is 0 Å². The Bertz CT molecular complexity index is 234. The van der Waals surface area contributed by atoms with Crippen LogP contribution in [0.15, 0.2) is 17.9 Å². The molecule has 0 aromatic heterocycles. The number of phenols is 1. The summed E-state index contributed by atoms with van der Waals surface area (Å²) in [5.74, 6) is -0.512. The van der Waals surface area contributed by atoms with Crippen molar-refractivity contribution in [2.24, 2.45) is 0 Å². The van der Waals surface area contributed by atoms with Crippen molar-refractivity contribution in [1.82, 2.24) is 0 Å². The summed E-state index contributed by atoms with van der Waals surface area (Å²) in [6.45, 7) is 0. The number of hydrogen-bond acceptors (Lipinski definition) is 1. The lowest BCUT2D eigenvalue weighted by Gasteiger charge is -2.06. The SMILES string of the molecule is Oc1c(Br)c(Br)c(F)c(Br)c1Br. The molecule has 0 heterocycles. The van der Waals surface area contributed by atoms with Crippen LogP contribution in [0.5, 0.6) is 5.75 Å². The van der Waals surface area contributed by atoms with Crippen molar-refractivity contribution in [2.75, 3.05) is 0 Å². The van der Waals surface area contributed by atoms with Crippen LogP contribution in [0.3, 0.4) is 0 Å². The van der Waals surface area contributed by atoms with Crippen LogP contribution < -0.4 is 0 Å². The van der Waals surface area contributed by atoms with E-state index in [0.29, 0.717) is 0 Å². The Kier molecular flexibility index (Phi) is 3.59. The van der Waals surface area contributed by atoms with Crippen LogP contribution in [0, 0.1) is 5.82 Å². The van der Waals surface area contributed by atoms with Gasteiger partial charge >= 0.3 is 0 Å². The van der Waals surface area contributed by atoms with E-state index in [2.05, 4.69) is 63.7 Å². The van der Waals surface area contributed by atoms with Crippen molar-refractivity contribution < 1.29 is 9.50 Å². The van der Waals surface area contributed by atoms with Crippen LogP contribution >= 0.6 is 63.7 Å². The van der Waals surface area contributed by atoms with E-state index in [0.717, 1.165) is 0 Å². The van der Waals surface area contributed by atoms with Crippen molar-refractivity contribution >= 4 is 63.7 Å². The molecular weight excluding hydrogens is 427 g/mol. The third-order valence-corrected chi connectivity index (χ3v) is 5.28. The Morgan fingerprint density at radius 1 is 0.833 bits per heavy atom. The number of phenolic OH excluding ortho intramolecular Hbond substituents is 1. The van der Waals surface area contributed by atoms with E-state index in [1.165, 1.54) is 0 Å². The summed E-state index contributed by atoms with van der Waals surface area (Å²) in [5.41, 5.74) is 0. The first-order chi connectivity index (χ1) is 5.46. The van der Waals surface area contributed by atoms with Gasteiger partial charge in [0.15, 0.2) is 5.82 Å². The first kappa shape index (κ1) is 10.9. The van der Waals surface area contributed by atoms with E-state index in [4.69, 9.17) is 0 Å². The first-order valence-electron chi connectivity index (χ1n) is 2.67. The lowest BCUT2D eigenvalue weighted by atomic mass is 10.3. The predicted molar refractivity (Wildman–Crippen MR) is 58.9 cm³/mol. The summed E-state index contributed by atoms with van der Waals surface area (Å²) in [6, 6.07) is 0. The van der Waals surface area contributed by atoms with Crippen LogP contribution in [0.25, 0.3) is 0 Å². The average molecular weight is 428 g/mol. The number of halogens is 5. The van der Waals surface area contributed by atoms with Gasteiger partial charge in [-0.3, -0.25) is 0 Å². The van der Waals surface area contributed by atoms with Gasteiger partial charge in [-0.15, -0.1) is 0 Å². The number of hydrogen-bond donors (Lipinski definition) is 1. The second-order valence-corrected chi connectivity index (χ2v) is 5.09. The molecule has 0 radical (unpaired) electrons. The highest BCUT2D eigenvalue weighted by Gasteiger charge is 2.17. The second kappa shape index (κ2) is 3.94. The minimum absolute atomic E-state index is 0.0462. The van der Waals surface area contributed by atoms with Crippen LogP contribution in [0.1, 0.15) is 0 Å². The Labute approximate surface area is 102 Å². The fourth-order valence-corrected chi connectivity index (χ4v) is 2.64. The minimum Gasteiger partial charge on any atom is -0.505 e. The molecule has 6 heteroatoms. The van der Waals surface area contributed by atoms with Crippen LogP contribution in [0.2, 0.25) is 0 Å². The minimum atomic E-state index is -0.466. The highest BCUT2D eigenvalue weighted by atomic mass is 79.9. The zero-order chi connectivity index (χ0) is 9.46. The highest BCUT2D eigenvalue weighted by Crippen LogP contribution is 2.44. The van der Waals surface area contributed by atoms with Crippen molar-refractivity contribution in [1.29, 1.82) is 0 Å². The summed E-state index contributed by atoms with van der Waals surface area (Å²) < 4.78 is 14.1. The van der Waals surface area contributed by atoms with Gasteiger partial charge in [-0.25, -0.2) is 4.39 Å². The van der Waals surface area contributed by atoms with Gasteiger partial charge in [0.25, 0.3) is 0 Å². The summed E-state index contributed by atoms with van der Waals surface area (Å²) in [5, 5.41) is 9.37. The highest BCUT2D eigenvalue weighted by molar-refractivity contribution is 9.14. The molecule has 0 aliphatic heterocycles. The van der Waals surface area contributed by atoms with Crippen molar-refractivity contribution in [3.63, 3.8) is 0 Å². The monoisotopic (exact) mass is 424 g/mol. The van der Waals surface area contributed by atoms with Gasteiger partial charge in [0, 0.05) is 0 Å². The molecule has 1 rings (SSSR count). The van der Waals surface area contributed by atoms with Gasteiger partial charge in [-0.2, -0.15) is 0 Å². The molecule has 12 heavy (non-hydrogen) atoms. The number of benzene rings is 1. The van der Waals surface area contributed by atoms with Crippen molar-refractivity contribution in [2.45, 2.75) is 0 Å². The van der Waals surface area contributed by atoms with E-state index in [1.807, 2.05) is 0 Å². The Hall–Kier alpha value is 0.870.